The van der Waals surface area contributed by atoms with Gasteiger partial charge in [0.15, 0.2) is 5.89 Å². The van der Waals surface area contributed by atoms with Gasteiger partial charge in [-0.05, 0) is 24.6 Å². The SMILES string of the molecule is Cc1nc2c(C)c(Br)ccc2c(=O)o1. The van der Waals surface area contributed by atoms with Gasteiger partial charge >= 0.3 is 5.63 Å². The predicted molar refractivity (Wildman–Crippen MR) is 57.5 cm³/mol. The first-order chi connectivity index (χ1) is 6.59. The summed E-state index contributed by atoms with van der Waals surface area (Å²) in [7, 11) is 0. The van der Waals surface area contributed by atoms with Crippen LogP contribution in [-0.2, 0) is 0 Å². The van der Waals surface area contributed by atoms with Crippen molar-refractivity contribution in [1.82, 2.24) is 4.98 Å². The molecule has 0 radical (unpaired) electrons. The molecule has 1 aromatic carbocycles. The van der Waals surface area contributed by atoms with E-state index in [1.807, 2.05) is 13.0 Å². The standard InChI is InChI=1S/C10H8BrNO2/c1-5-8(11)4-3-7-9(5)12-6(2)14-10(7)13/h3-4H,1-2H3. The number of benzene rings is 1. The molecule has 1 heterocycles. The molecule has 0 aliphatic carbocycles. The molecule has 72 valence electrons. The molecule has 1 aromatic heterocycles. The van der Waals surface area contributed by atoms with Crippen molar-refractivity contribution in [3.63, 3.8) is 0 Å². The molecule has 3 nitrogen and oxygen atoms in total. The lowest BCUT2D eigenvalue weighted by molar-refractivity contribution is 0.467. The molecule has 0 unspecified atom stereocenters. The Morgan fingerprint density at radius 2 is 2.07 bits per heavy atom. The van der Waals surface area contributed by atoms with E-state index in [1.165, 1.54) is 0 Å². The second kappa shape index (κ2) is 3.20. The molecular formula is C10H8BrNO2. The third-order valence-electron chi connectivity index (χ3n) is 2.09. The summed E-state index contributed by atoms with van der Waals surface area (Å²) in [6.07, 6.45) is 0. The van der Waals surface area contributed by atoms with Crippen LogP contribution in [0.3, 0.4) is 0 Å². The van der Waals surface area contributed by atoms with Gasteiger partial charge in [-0.15, -0.1) is 0 Å². The van der Waals surface area contributed by atoms with Crippen molar-refractivity contribution >= 4 is 26.8 Å². The van der Waals surface area contributed by atoms with Crippen molar-refractivity contribution in [3.8, 4) is 0 Å². The Morgan fingerprint density at radius 1 is 1.36 bits per heavy atom. The van der Waals surface area contributed by atoms with E-state index < -0.39 is 0 Å². The maximum Gasteiger partial charge on any atom is 0.346 e. The summed E-state index contributed by atoms with van der Waals surface area (Å²) in [6.45, 7) is 3.58. The summed E-state index contributed by atoms with van der Waals surface area (Å²) in [5.41, 5.74) is 1.33. The van der Waals surface area contributed by atoms with Crippen LogP contribution in [0.2, 0.25) is 0 Å². The Morgan fingerprint density at radius 3 is 2.79 bits per heavy atom. The highest BCUT2D eigenvalue weighted by molar-refractivity contribution is 9.10. The second-order valence-electron chi connectivity index (χ2n) is 3.09. The average Bonchev–Trinajstić information content (AvgIpc) is 2.12. The fraction of sp³-hybridized carbons (Fsp3) is 0.200. The zero-order valence-electron chi connectivity index (χ0n) is 7.80. The minimum absolute atomic E-state index is 0.330. The molecule has 0 aliphatic rings. The molecule has 0 atom stereocenters. The summed E-state index contributed by atoms with van der Waals surface area (Å²) in [4.78, 5) is 15.6. The molecule has 0 amide bonds. The molecule has 0 fully saturated rings. The van der Waals surface area contributed by atoms with Crippen LogP contribution in [0.4, 0.5) is 0 Å². The van der Waals surface area contributed by atoms with Crippen LogP contribution in [0, 0.1) is 13.8 Å². The third-order valence-corrected chi connectivity index (χ3v) is 2.95. The van der Waals surface area contributed by atoms with E-state index in [1.54, 1.807) is 13.0 Å². The summed E-state index contributed by atoms with van der Waals surface area (Å²) in [6, 6.07) is 3.54. The first-order valence-electron chi connectivity index (χ1n) is 4.16. The highest BCUT2D eigenvalue weighted by Gasteiger charge is 2.07. The van der Waals surface area contributed by atoms with Gasteiger partial charge in [-0.1, -0.05) is 15.9 Å². The summed E-state index contributed by atoms with van der Waals surface area (Å²) in [5, 5.41) is 0.524. The topological polar surface area (TPSA) is 43.1 Å². The number of rotatable bonds is 0. The number of nitrogens with zero attached hydrogens (tertiary/aromatic N) is 1. The van der Waals surface area contributed by atoms with Crippen LogP contribution in [0.25, 0.3) is 10.9 Å². The lowest BCUT2D eigenvalue weighted by atomic mass is 10.1. The Bertz CT molecular complexity index is 560. The van der Waals surface area contributed by atoms with Gasteiger partial charge in [-0.3, -0.25) is 0 Å². The van der Waals surface area contributed by atoms with E-state index >= 15 is 0 Å². The number of aromatic nitrogens is 1. The van der Waals surface area contributed by atoms with Crippen molar-refractivity contribution in [1.29, 1.82) is 0 Å². The molecule has 0 saturated heterocycles. The smallest absolute Gasteiger partial charge is 0.346 e. The molecule has 0 bridgehead atoms. The molecular weight excluding hydrogens is 246 g/mol. The predicted octanol–water partition coefficient (Wildman–Crippen LogP) is 2.57. The molecule has 0 N–H and O–H groups in total. The Balaban J connectivity index is 3.03. The first-order valence-corrected chi connectivity index (χ1v) is 4.95. The van der Waals surface area contributed by atoms with Crippen molar-refractivity contribution in [2.75, 3.05) is 0 Å². The van der Waals surface area contributed by atoms with Gasteiger partial charge in [0.25, 0.3) is 0 Å². The normalized spacial score (nSPS) is 10.8. The number of fused-ring (bicyclic) bond motifs is 1. The zero-order valence-corrected chi connectivity index (χ0v) is 9.38. The van der Waals surface area contributed by atoms with E-state index in [-0.39, 0.29) is 5.63 Å². The van der Waals surface area contributed by atoms with Gasteiger partial charge in [0.2, 0.25) is 0 Å². The molecule has 0 saturated carbocycles. The van der Waals surface area contributed by atoms with Crippen LogP contribution in [0.15, 0.2) is 25.8 Å². The third kappa shape index (κ3) is 1.35. The number of aryl methyl sites for hydroxylation is 2. The minimum Gasteiger partial charge on any atom is -0.408 e. The van der Waals surface area contributed by atoms with E-state index in [0.29, 0.717) is 16.8 Å². The maximum atomic E-state index is 11.4. The van der Waals surface area contributed by atoms with Crippen LogP contribution in [0.5, 0.6) is 0 Å². The van der Waals surface area contributed by atoms with Crippen LogP contribution in [0.1, 0.15) is 11.5 Å². The largest absolute Gasteiger partial charge is 0.408 e. The van der Waals surface area contributed by atoms with Crippen molar-refractivity contribution in [3.05, 3.63) is 38.5 Å². The van der Waals surface area contributed by atoms with Crippen LogP contribution in [-0.4, -0.2) is 4.98 Å². The summed E-state index contributed by atoms with van der Waals surface area (Å²) >= 11 is 3.39. The second-order valence-corrected chi connectivity index (χ2v) is 3.94. The molecule has 2 rings (SSSR count). The van der Waals surface area contributed by atoms with Crippen LogP contribution >= 0.6 is 15.9 Å². The lowest BCUT2D eigenvalue weighted by Gasteiger charge is -2.02. The monoisotopic (exact) mass is 253 g/mol. The maximum absolute atomic E-state index is 11.4. The van der Waals surface area contributed by atoms with Gasteiger partial charge in [-0.25, -0.2) is 9.78 Å². The van der Waals surface area contributed by atoms with E-state index in [2.05, 4.69) is 20.9 Å². The highest BCUT2D eigenvalue weighted by Crippen LogP contribution is 2.22. The molecule has 14 heavy (non-hydrogen) atoms. The molecule has 2 aromatic rings. The first kappa shape index (κ1) is 9.40. The fourth-order valence-electron chi connectivity index (χ4n) is 1.35. The Hall–Kier alpha value is -1.16. The van der Waals surface area contributed by atoms with E-state index in [4.69, 9.17) is 4.42 Å². The minimum atomic E-state index is -0.330. The lowest BCUT2D eigenvalue weighted by Crippen LogP contribution is -2.03. The number of halogens is 1. The Kier molecular flexibility index (Phi) is 2.15. The summed E-state index contributed by atoms with van der Waals surface area (Å²) in [5.74, 6) is 0.392. The number of hydrogen-bond acceptors (Lipinski definition) is 3. The zero-order chi connectivity index (χ0) is 10.3. The van der Waals surface area contributed by atoms with Crippen molar-refractivity contribution < 1.29 is 4.42 Å². The van der Waals surface area contributed by atoms with Gasteiger partial charge in [0.1, 0.15) is 0 Å². The van der Waals surface area contributed by atoms with Gasteiger partial charge in [0, 0.05) is 11.4 Å². The van der Waals surface area contributed by atoms with Gasteiger partial charge in [-0.2, -0.15) is 0 Å². The van der Waals surface area contributed by atoms with Gasteiger partial charge in [0.05, 0.1) is 10.9 Å². The quantitative estimate of drug-likeness (QED) is 0.725. The molecule has 0 aliphatic heterocycles. The highest BCUT2D eigenvalue weighted by atomic mass is 79.9. The number of hydrogen-bond donors (Lipinski definition) is 0. The van der Waals surface area contributed by atoms with Crippen molar-refractivity contribution in [2.45, 2.75) is 13.8 Å². The fourth-order valence-corrected chi connectivity index (χ4v) is 1.67. The van der Waals surface area contributed by atoms with E-state index in [0.717, 1.165) is 10.0 Å². The van der Waals surface area contributed by atoms with Crippen molar-refractivity contribution in [2.24, 2.45) is 0 Å². The van der Waals surface area contributed by atoms with E-state index in [9.17, 15) is 4.79 Å². The average molecular weight is 254 g/mol. The Labute approximate surface area is 88.9 Å². The molecule has 0 spiro atoms. The summed E-state index contributed by atoms with van der Waals surface area (Å²) < 4.78 is 5.85. The van der Waals surface area contributed by atoms with Crippen LogP contribution < -0.4 is 5.63 Å². The molecule has 4 heteroatoms. The van der Waals surface area contributed by atoms with Gasteiger partial charge < -0.3 is 4.42 Å².